The van der Waals surface area contributed by atoms with Crippen LogP contribution in [0.15, 0.2) is 41.3 Å². The van der Waals surface area contributed by atoms with Crippen LogP contribution in [0.1, 0.15) is 31.7 Å². The summed E-state index contributed by atoms with van der Waals surface area (Å²) in [7, 11) is -3.83. The summed E-state index contributed by atoms with van der Waals surface area (Å²) in [6, 6.07) is 10.9. The highest BCUT2D eigenvalue weighted by molar-refractivity contribution is 7.89. The Balaban J connectivity index is 2.84. The number of sulfonamides is 1. The molecule has 0 saturated carbocycles. The van der Waals surface area contributed by atoms with Crippen molar-refractivity contribution in [3.8, 4) is 0 Å². The van der Waals surface area contributed by atoms with Gasteiger partial charge in [0.15, 0.2) is 0 Å². The number of primary sulfonamides is 1. The number of nitrogens with two attached hydrogens (primary N) is 1. The Bertz CT molecular complexity index is 740. The Kier molecular flexibility index (Phi) is 4.66. The minimum atomic E-state index is -3.83. The third-order valence-corrected chi connectivity index (χ3v) is 5.10. The summed E-state index contributed by atoms with van der Waals surface area (Å²) in [5, 5.41) is 17.0. The Hall–Kier alpha value is -1.43. The van der Waals surface area contributed by atoms with Gasteiger partial charge in [0.05, 0.1) is 11.5 Å². The summed E-state index contributed by atoms with van der Waals surface area (Å²) >= 11 is 0. The van der Waals surface area contributed by atoms with Crippen LogP contribution in [-0.4, -0.2) is 20.1 Å². The first-order valence-corrected chi connectivity index (χ1v) is 8.60. The van der Waals surface area contributed by atoms with Crippen molar-refractivity contribution in [1.29, 1.82) is 0 Å². The van der Waals surface area contributed by atoms with Crippen molar-refractivity contribution in [2.45, 2.75) is 31.1 Å². The van der Waals surface area contributed by atoms with Gasteiger partial charge < -0.3 is 5.11 Å². The Labute approximate surface area is 125 Å². The van der Waals surface area contributed by atoms with E-state index in [0.29, 0.717) is 5.56 Å². The van der Waals surface area contributed by atoms with Crippen molar-refractivity contribution in [2.24, 2.45) is 11.1 Å². The van der Waals surface area contributed by atoms with Crippen LogP contribution in [-0.2, 0) is 10.0 Å². The molecule has 2 aromatic carbocycles. The summed E-state index contributed by atoms with van der Waals surface area (Å²) in [6.07, 6.45) is 0.846. The van der Waals surface area contributed by atoms with E-state index in [9.17, 15) is 13.5 Å². The number of hydrogen-bond acceptors (Lipinski definition) is 3. The molecule has 0 unspecified atom stereocenters. The van der Waals surface area contributed by atoms with Gasteiger partial charge in [-0.25, -0.2) is 13.6 Å². The molecule has 0 amide bonds. The predicted molar refractivity (Wildman–Crippen MR) is 84.6 cm³/mol. The lowest BCUT2D eigenvalue weighted by atomic mass is 9.83. The molecule has 21 heavy (non-hydrogen) atoms. The van der Waals surface area contributed by atoms with Gasteiger partial charge in [0, 0.05) is 5.92 Å². The molecule has 0 saturated heterocycles. The molecule has 0 aliphatic heterocycles. The lowest BCUT2D eigenvalue weighted by Gasteiger charge is -2.25. The van der Waals surface area contributed by atoms with E-state index < -0.39 is 10.0 Å². The SMILES string of the molecule is CC[C@H](C)[C@H](CO)c1c(S(N)(=O)=O)ccc2ccccc12. The molecule has 0 spiro atoms. The van der Waals surface area contributed by atoms with E-state index in [-0.39, 0.29) is 23.3 Å². The third-order valence-electron chi connectivity index (χ3n) is 4.14. The van der Waals surface area contributed by atoms with Gasteiger partial charge in [0.1, 0.15) is 0 Å². The molecule has 4 nitrogen and oxygen atoms in total. The minimum absolute atomic E-state index is 0.106. The van der Waals surface area contributed by atoms with E-state index in [4.69, 9.17) is 5.14 Å². The molecule has 0 aliphatic rings. The van der Waals surface area contributed by atoms with Gasteiger partial charge in [0.2, 0.25) is 10.0 Å². The molecule has 0 bridgehead atoms. The smallest absolute Gasteiger partial charge is 0.238 e. The molecule has 0 aliphatic carbocycles. The summed E-state index contributed by atoms with van der Waals surface area (Å²) in [5.74, 6) is -0.101. The number of fused-ring (bicyclic) bond motifs is 1. The summed E-state index contributed by atoms with van der Waals surface area (Å²) in [4.78, 5) is 0.112. The van der Waals surface area contributed by atoms with Gasteiger partial charge in [-0.2, -0.15) is 0 Å². The van der Waals surface area contributed by atoms with Crippen LogP contribution in [0.25, 0.3) is 10.8 Å². The average Bonchev–Trinajstić information content (AvgIpc) is 2.46. The molecule has 3 N–H and O–H groups in total. The normalized spacial score (nSPS) is 15.0. The van der Waals surface area contributed by atoms with Gasteiger partial charge in [-0.1, -0.05) is 50.6 Å². The van der Waals surface area contributed by atoms with E-state index >= 15 is 0 Å². The molecule has 2 rings (SSSR count). The Morgan fingerprint density at radius 2 is 1.86 bits per heavy atom. The van der Waals surface area contributed by atoms with Crippen LogP contribution < -0.4 is 5.14 Å². The van der Waals surface area contributed by atoms with Crippen LogP contribution in [0.5, 0.6) is 0 Å². The van der Waals surface area contributed by atoms with E-state index in [2.05, 4.69) is 0 Å². The topological polar surface area (TPSA) is 80.4 Å². The second kappa shape index (κ2) is 6.13. The van der Waals surface area contributed by atoms with Crippen molar-refractivity contribution < 1.29 is 13.5 Å². The Morgan fingerprint density at radius 3 is 2.43 bits per heavy atom. The van der Waals surface area contributed by atoms with Crippen LogP contribution in [0, 0.1) is 5.92 Å². The number of hydrogen-bond donors (Lipinski definition) is 2. The highest BCUT2D eigenvalue weighted by atomic mass is 32.2. The zero-order chi connectivity index (χ0) is 15.6. The Morgan fingerprint density at radius 1 is 1.19 bits per heavy atom. The maximum atomic E-state index is 11.9. The monoisotopic (exact) mass is 307 g/mol. The van der Waals surface area contributed by atoms with Crippen molar-refractivity contribution in [3.63, 3.8) is 0 Å². The number of rotatable bonds is 5. The van der Waals surface area contributed by atoms with E-state index in [1.807, 2.05) is 38.1 Å². The lowest BCUT2D eigenvalue weighted by Crippen LogP contribution is -2.21. The van der Waals surface area contributed by atoms with E-state index in [1.165, 1.54) is 6.07 Å². The van der Waals surface area contributed by atoms with Gasteiger partial charge in [-0.3, -0.25) is 0 Å². The van der Waals surface area contributed by atoms with E-state index in [0.717, 1.165) is 17.2 Å². The standard InChI is InChI=1S/C16H21NO3S/c1-3-11(2)14(10-18)16-13-7-5-4-6-12(13)8-9-15(16)21(17,19)20/h4-9,11,14,18H,3,10H2,1-2H3,(H2,17,19,20)/t11-,14-/m0/s1. The zero-order valence-electron chi connectivity index (χ0n) is 12.3. The molecular weight excluding hydrogens is 286 g/mol. The average molecular weight is 307 g/mol. The minimum Gasteiger partial charge on any atom is -0.396 e. The van der Waals surface area contributed by atoms with E-state index in [1.54, 1.807) is 6.07 Å². The first-order valence-electron chi connectivity index (χ1n) is 7.05. The fourth-order valence-electron chi connectivity index (χ4n) is 2.75. The van der Waals surface area contributed by atoms with Crippen LogP contribution in [0.3, 0.4) is 0 Å². The third kappa shape index (κ3) is 3.10. The molecule has 0 radical (unpaired) electrons. The highest BCUT2D eigenvalue weighted by Crippen LogP contribution is 2.36. The van der Waals surface area contributed by atoms with Crippen LogP contribution in [0.4, 0.5) is 0 Å². The van der Waals surface area contributed by atoms with Crippen LogP contribution in [0.2, 0.25) is 0 Å². The fourth-order valence-corrected chi connectivity index (χ4v) is 3.57. The molecule has 2 aromatic rings. The highest BCUT2D eigenvalue weighted by Gasteiger charge is 2.26. The molecule has 0 fully saturated rings. The fraction of sp³-hybridized carbons (Fsp3) is 0.375. The van der Waals surface area contributed by atoms with Crippen LogP contribution >= 0.6 is 0 Å². The maximum absolute atomic E-state index is 11.9. The molecule has 2 atom stereocenters. The number of aliphatic hydroxyl groups is 1. The van der Waals surface area contributed by atoms with Crippen molar-refractivity contribution >= 4 is 20.8 Å². The van der Waals surface area contributed by atoms with Crippen molar-refractivity contribution in [2.75, 3.05) is 6.61 Å². The second-order valence-electron chi connectivity index (χ2n) is 5.42. The lowest BCUT2D eigenvalue weighted by molar-refractivity contribution is 0.228. The molecule has 0 aromatic heterocycles. The molecular formula is C16H21NO3S. The number of benzene rings is 2. The van der Waals surface area contributed by atoms with Gasteiger partial charge in [0.25, 0.3) is 0 Å². The zero-order valence-corrected chi connectivity index (χ0v) is 13.1. The predicted octanol–water partition coefficient (Wildman–Crippen LogP) is 2.61. The molecule has 0 heterocycles. The first-order chi connectivity index (χ1) is 9.90. The van der Waals surface area contributed by atoms with Gasteiger partial charge in [-0.05, 0) is 28.3 Å². The second-order valence-corrected chi connectivity index (χ2v) is 6.95. The molecule has 114 valence electrons. The first kappa shape index (κ1) is 15.9. The van der Waals surface area contributed by atoms with Crippen molar-refractivity contribution in [1.82, 2.24) is 0 Å². The quantitative estimate of drug-likeness (QED) is 0.891. The number of aliphatic hydroxyl groups excluding tert-OH is 1. The van der Waals surface area contributed by atoms with Gasteiger partial charge >= 0.3 is 0 Å². The van der Waals surface area contributed by atoms with Crippen molar-refractivity contribution in [3.05, 3.63) is 42.0 Å². The summed E-state index contributed by atoms with van der Waals surface area (Å²) < 4.78 is 23.8. The summed E-state index contributed by atoms with van der Waals surface area (Å²) in [5.41, 5.74) is 0.632. The largest absolute Gasteiger partial charge is 0.396 e. The summed E-state index contributed by atoms with van der Waals surface area (Å²) in [6.45, 7) is 3.93. The molecule has 5 heteroatoms. The van der Waals surface area contributed by atoms with Gasteiger partial charge in [-0.15, -0.1) is 0 Å². The maximum Gasteiger partial charge on any atom is 0.238 e.